The number of pyridine rings is 1. The summed E-state index contributed by atoms with van der Waals surface area (Å²) in [4.78, 5) is 4.14. The first-order valence-electron chi connectivity index (χ1n) is 3.67. The van der Waals surface area contributed by atoms with E-state index in [4.69, 9.17) is 17.3 Å². The number of hydrogen-bond donors (Lipinski definition) is 1. The van der Waals surface area contributed by atoms with Gasteiger partial charge in [0.1, 0.15) is 0 Å². The summed E-state index contributed by atoms with van der Waals surface area (Å²) in [5, 5.41) is 1.57. The van der Waals surface area contributed by atoms with Crippen LogP contribution in [0.1, 0.15) is 0 Å². The Labute approximate surface area is 88.8 Å². The zero-order chi connectivity index (χ0) is 9.42. The summed E-state index contributed by atoms with van der Waals surface area (Å²) < 4.78 is 0.928. The van der Waals surface area contributed by atoms with Crippen LogP contribution >= 0.6 is 27.5 Å². The maximum atomic E-state index is 5.98. The summed E-state index contributed by atoms with van der Waals surface area (Å²) >= 11 is 9.34. The molecule has 0 saturated carbocycles. The fourth-order valence-corrected chi connectivity index (χ4v) is 2.07. The number of anilines is 1. The lowest BCUT2D eigenvalue weighted by molar-refractivity contribution is 1.41. The molecule has 0 spiro atoms. The van der Waals surface area contributed by atoms with Crippen LogP contribution in [0.2, 0.25) is 5.02 Å². The topological polar surface area (TPSA) is 38.9 Å². The molecule has 0 amide bonds. The molecule has 13 heavy (non-hydrogen) atoms. The van der Waals surface area contributed by atoms with Gasteiger partial charge in [-0.25, -0.2) is 0 Å². The van der Waals surface area contributed by atoms with Crippen molar-refractivity contribution in [3.05, 3.63) is 33.9 Å². The SMILES string of the molecule is Nc1cnc2c(Cl)cc(Br)cc2c1. The molecule has 1 aromatic carbocycles. The number of fused-ring (bicyclic) bond motifs is 1. The minimum atomic E-state index is 0.629. The van der Waals surface area contributed by atoms with Crippen LogP contribution in [-0.4, -0.2) is 4.98 Å². The Bertz CT molecular complexity index is 465. The van der Waals surface area contributed by atoms with Gasteiger partial charge in [0.15, 0.2) is 0 Å². The van der Waals surface area contributed by atoms with Crippen LogP contribution < -0.4 is 5.73 Å². The molecule has 2 N–H and O–H groups in total. The van der Waals surface area contributed by atoms with E-state index in [1.165, 1.54) is 0 Å². The van der Waals surface area contributed by atoms with Crippen LogP contribution in [0.5, 0.6) is 0 Å². The quantitative estimate of drug-likeness (QED) is 0.787. The third-order valence-electron chi connectivity index (χ3n) is 1.72. The molecule has 66 valence electrons. The van der Waals surface area contributed by atoms with Crippen LogP contribution in [0.4, 0.5) is 5.69 Å². The number of nitrogens with two attached hydrogens (primary N) is 1. The van der Waals surface area contributed by atoms with Gasteiger partial charge in [-0.15, -0.1) is 0 Å². The molecule has 0 unspecified atom stereocenters. The van der Waals surface area contributed by atoms with E-state index in [9.17, 15) is 0 Å². The first kappa shape index (κ1) is 8.78. The largest absolute Gasteiger partial charge is 0.397 e. The van der Waals surface area contributed by atoms with Gasteiger partial charge in [0.05, 0.1) is 22.4 Å². The Hall–Kier alpha value is -0.800. The minimum Gasteiger partial charge on any atom is -0.397 e. The van der Waals surface area contributed by atoms with E-state index < -0.39 is 0 Å². The maximum absolute atomic E-state index is 5.98. The van der Waals surface area contributed by atoms with Crippen molar-refractivity contribution in [2.24, 2.45) is 0 Å². The molecule has 0 aliphatic carbocycles. The third kappa shape index (κ3) is 1.62. The predicted octanol–water partition coefficient (Wildman–Crippen LogP) is 3.23. The second-order valence-corrected chi connectivity index (χ2v) is 4.05. The Kier molecular flexibility index (Phi) is 2.14. The number of rotatable bonds is 0. The van der Waals surface area contributed by atoms with Crippen molar-refractivity contribution in [3.63, 3.8) is 0 Å². The van der Waals surface area contributed by atoms with E-state index in [1.807, 2.05) is 18.2 Å². The van der Waals surface area contributed by atoms with Gasteiger partial charge in [-0.05, 0) is 18.2 Å². The van der Waals surface area contributed by atoms with Crippen LogP contribution in [0.15, 0.2) is 28.9 Å². The highest BCUT2D eigenvalue weighted by molar-refractivity contribution is 9.10. The second-order valence-electron chi connectivity index (χ2n) is 2.73. The average Bonchev–Trinajstić information content (AvgIpc) is 2.02. The Morgan fingerprint density at radius 3 is 2.85 bits per heavy atom. The molecule has 0 aliphatic heterocycles. The van der Waals surface area contributed by atoms with Crippen LogP contribution in [0.3, 0.4) is 0 Å². The first-order valence-corrected chi connectivity index (χ1v) is 4.84. The minimum absolute atomic E-state index is 0.629. The van der Waals surface area contributed by atoms with Crippen LogP contribution in [0, 0.1) is 0 Å². The van der Waals surface area contributed by atoms with Crippen LogP contribution in [0.25, 0.3) is 10.9 Å². The Balaban J connectivity index is 2.86. The summed E-state index contributed by atoms with van der Waals surface area (Å²) in [5.41, 5.74) is 7.02. The average molecular weight is 258 g/mol. The normalized spacial score (nSPS) is 10.6. The molecule has 0 bridgehead atoms. The Morgan fingerprint density at radius 1 is 1.31 bits per heavy atom. The molecule has 0 fully saturated rings. The van der Waals surface area contributed by atoms with Crippen molar-refractivity contribution in [1.82, 2.24) is 4.98 Å². The van der Waals surface area contributed by atoms with Gasteiger partial charge in [-0.2, -0.15) is 0 Å². The first-order chi connectivity index (χ1) is 6.16. The molecule has 0 radical (unpaired) electrons. The standard InChI is InChI=1S/C9H6BrClN2/c10-6-1-5-2-7(12)4-13-9(5)8(11)3-6/h1-4H,12H2. The number of nitrogens with zero attached hydrogens (tertiary/aromatic N) is 1. The van der Waals surface area contributed by atoms with Crippen molar-refractivity contribution in [2.45, 2.75) is 0 Å². The van der Waals surface area contributed by atoms with Crippen molar-refractivity contribution in [1.29, 1.82) is 0 Å². The maximum Gasteiger partial charge on any atom is 0.0890 e. The lowest BCUT2D eigenvalue weighted by atomic mass is 10.2. The lowest BCUT2D eigenvalue weighted by Crippen LogP contribution is -1.87. The number of benzene rings is 1. The molecule has 0 aliphatic rings. The van der Waals surface area contributed by atoms with Gasteiger partial charge in [0.25, 0.3) is 0 Å². The second kappa shape index (κ2) is 3.16. The molecule has 0 atom stereocenters. The van der Waals surface area contributed by atoms with Gasteiger partial charge in [0.2, 0.25) is 0 Å². The number of halogens is 2. The van der Waals surface area contributed by atoms with Crippen molar-refractivity contribution >= 4 is 44.1 Å². The zero-order valence-corrected chi connectivity index (χ0v) is 8.93. The van der Waals surface area contributed by atoms with Crippen molar-refractivity contribution in [3.8, 4) is 0 Å². The summed E-state index contributed by atoms with van der Waals surface area (Å²) in [6.07, 6.45) is 1.60. The van der Waals surface area contributed by atoms with E-state index in [0.717, 1.165) is 15.4 Å². The van der Waals surface area contributed by atoms with Gasteiger partial charge in [-0.1, -0.05) is 27.5 Å². The fourth-order valence-electron chi connectivity index (χ4n) is 1.19. The van der Waals surface area contributed by atoms with Gasteiger partial charge >= 0.3 is 0 Å². The monoisotopic (exact) mass is 256 g/mol. The van der Waals surface area contributed by atoms with Crippen molar-refractivity contribution in [2.75, 3.05) is 5.73 Å². The summed E-state index contributed by atoms with van der Waals surface area (Å²) in [6, 6.07) is 5.59. The lowest BCUT2D eigenvalue weighted by Gasteiger charge is -2.01. The molecule has 2 aromatic rings. The number of aromatic nitrogens is 1. The molecule has 4 heteroatoms. The molecule has 2 rings (SSSR count). The summed E-state index contributed by atoms with van der Waals surface area (Å²) in [5.74, 6) is 0. The van der Waals surface area contributed by atoms with E-state index in [-0.39, 0.29) is 0 Å². The van der Waals surface area contributed by atoms with Crippen LogP contribution in [-0.2, 0) is 0 Å². The molecular formula is C9H6BrClN2. The van der Waals surface area contributed by atoms with E-state index in [0.29, 0.717) is 10.7 Å². The highest BCUT2D eigenvalue weighted by Gasteiger charge is 2.02. The Morgan fingerprint density at radius 2 is 2.08 bits per heavy atom. The van der Waals surface area contributed by atoms with Crippen molar-refractivity contribution < 1.29 is 0 Å². The van der Waals surface area contributed by atoms with Gasteiger partial charge in [-0.3, -0.25) is 4.98 Å². The molecular weight excluding hydrogens is 251 g/mol. The number of hydrogen-bond acceptors (Lipinski definition) is 2. The molecule has 1 aromatic heterocycles. The number of nitrogen functional groups attached to an aromatic ring is 1. The summed E-state index contributed by atoms with van der Waals surface area (Å²) in [7, 11) is 0. The molecule has 0 saturated heterocycles. The zero-order valence-electron chi connectivity index (χ0n) is 6.59. The highest BCUT2D eigenvalue weighted by Crippen LogP contribution is 2.27. The van der Waals surface area contributed by atoms with E-state index in [1.54, 1.807) is 6.20 Å². The smallest absolute Gasteiger partial charge is 0.0890 e. The predicted molar refractivity (Wildman–Crippen MR) is 58.9 cm³/mol. The molecule has 1 heterocycles. The third-order valence-corrected chi connectivity index (χ3v) is 2.47. The van der Waals surface area contributed by atoms with Gasteiger partial charge < -0.3 is 5.73 Å². The summed E-state index contributed by atoms with van der Waals surface area (Å²) in [6.45, 7) is 0. The molecule has 2 nitrogen and oxygen atoms in total. The fraction of sp³-hybridized carbons (Fsp3) is 0. The van der Waals surface area contributed by atoms with Gasteiger partial charge in [0, 0.05) is 9.86 Å². The van der Waals surface area contributed by atoms with E-state index >= 15 is 0 Å². The highest BCUT2D eigenvalue weighted by atomic mass is 79.9. The van der Waals surface area contributed by atoms with E-state index in [2.05, 4.69) is 20.9 Å².